The molecule has 124 valence electrons. The highest BCUT2D eigenvalue weighted by atomic mass is 32.2. The molecule has 0 atom stereocenters. The smallest absolute Gasteiger partial charge is 0.320 e. The molecule has 0 bridgehead atoms. The second-order valence-electron chi connectivity index (χ2n) is 5.03. The van der Waals surface area contributed by atoms with Crippen LogP contribution in [0.15, 0.2) is 39.8 Å². The lowest BCUT2D eigenvalue weighted by molar-refractivity contribution is 0.251. The van der Waals surface area contributed by atoms with Crippen molar-refractivity contribution in [3.63, 3.8) is 0 Å². The molecule has 2 amide bonds. The normalized spacial score (nSPS) is 11.5. The molecule has 0 fully saturated rings. The molecule has 0 aliphatic carbocycles. The van der Waals surface area contributed by atoms with Crippen LogP contribution in [0.4, 0.5) is 10.6 Å². The van der Waals surface area contributed by atoms with E-state index in [9.17, 15) is 13.2 Å². The second-order valence-corrected chi connectivity index (χ2v) is 7.15. The van der Waals surface area contributed by atoms with Crippen LogP contribution in [0.3, 0.4) is 0 Å². The molecule has 0 unspecified atom stereocenters. The number of rotatable bonds is 5. The number of anilines is 1. The average molecular weight is 338 g/mol. The maximum absolute atomic E-state index is 12.3. The van der Waals surface area contributed by atoms with Crippen LogP contribution in [0.2, 0.25) is 0 Å². The van der Waals surface area contributed by atoms with Crippen molar-refractivity contribution in [1.82, 2.24) is 14.8 Å². The fourth-order valence-corrected chi connectivity index (χ4v) is 2.98. The zero-order valence-corrected chi connectivity index (χ0v) is 13.8. The van der Waals surface area contributed by atoms with Crippen LogP contribution < -0.4 is 10.6 Å². The van der Waals surface area contributed by atoms with Crippen LogP contribution in [0.25, 0.3) is 0 Å². The van der Waals surface area contributed by atoms with E-state index in [1.54, 1.807) is 31.2 Å². The Labute approximate surface area is 134 Å². The monoisotopic (exact) mass is 338 g/mol. The number of aromatic nitrogens is 1. The van der Waals surface area contributed by atoms with Gasteiger partial charge >= 0.3 is 6.03 Å². The van der Waals surface area contributed by atoms with Crippen molar-refractivity contribution in [3.05, 3.63) is 41.7 Å². The molecule has 0 spiro atoms. The quantitative estimate of drug-likeness (QED) is 0.861. The lowest BCUT2D eigenvalue weighted by Crippen LogP contribution is -2.30. The molecule has 23 heavy (non-hydrogen) atoms. The van der Waals surface area contributed by atoms with Crippen molar-refractivity contribution in [2.45, 2.75) is 18.4 Å². The maximum atomic E-state index is 12.3. The van der Waals surface area contributed by atoms with Gasteiger partial charge in [-0.3, -0.25) is 5.32 Å². The van der Waals surface area contributed by atoms with E-state index in [1.165, 1.54) is 20.2 Å². The summed E-state index contributed by atoms with van der Waals surface area (Å²) in [6.45, 7) is 1.77. The molecule has 0 saturated carbocycles. The fraction of sp³-hybridized carbons (Fsp3) is 0.286. The predicted molar refractivity (Wildman–Crippen MR) is 84.4 cm³/mol. The van der Waals surface area contributed by atoms with Crippen LogP contribution in [-0.4, -0.2) is 38.0 Å². The Morgan fingerprint density at radius 1 is 1.30 bits per heavy atom. The number of amides is 2. The van der Waals surface area contributed by atoms with Gasteiger partial charge in [0.25, 0.3) is 0 Å². The Morgan fingerprint density at radius 3 is 2.61 bits per heavy atom. The molecule has 0 aliphatic rings. The number of urea groups is 1. The zero-order chi connectivity index (χ0) is 17.0. The van der Waals surface area contributed by atoms with E-state index in [0.717, 1.165) is 4.31 Å². The number of nitrogens with one attached hydrogen (secondary N) is 2. The van der Waals surface area contributed by atoms with E-state index in [1.807, 2.05) is 0 Å². The zero-order valence-electron chi connectivity index (χ0n) is 13.0. The molecule has 1 heterocycles. The van der Waals surface area contributed by atoms with Gasteiger partial charge in [0, 0.05) is 26.7 Å². The third-order valence-electron chi connectivity index (χ3n) is 3.04. The van der Waals surface area contributed by atoms with Crippen LogP contribution in [0.5, 0.6) is 0 Å². The Hall–Kier alpha value is -2.39. The van der Waals surface area contributed by atoms with Gasteiger partial charge in [-0.15, -0.1) is 0 Å². The molecule has 9 heteroatoms. The summed E-state index contributed by atoms with van der Waals surface area (Å²) in [5.74, 6) is 0.858. The molecule has 2 aromatic rings. The molecular weight excluding hydrogens is 320 g/mol. The number of carbonyl (C=O) groups excluding carboxylic acids is 1. The summed E-state index contributed by atoms with van der Waals surface area (Å²) in [4.78, 5) is 12.0. The van der Waals surface area contributed by atoms with Gasteiger partial charge in [-0.25, -0.2) is 17.5 Å². The fourth-order valence-electron chi connectivity index (χ4n) is 1.86. The van der Waals surface area contributed by atoms with Gasteiger partial charge in [0.1, 0.15) is 5.76 Å². The standard InChI is InChI=1S/C14H18N4O4S/c1-10-8-13(17-22-10)16-14(19)15-9-11-6-4-5-7-12(11)23(20,21)18(2)3/h4-8H,9H2,1-3H3,(H2,15,16,17,19). The molecule has 8 nitrogen and oxygen atoms in total. The lowest BCUT2D eigenvalue weighted by atomic mass is 10.2. The Bertz CT molecular complexity index is 799. The molecule has 1 aromatic carbocycles. The number of benzene rings is 1. The summed E-state index contributed by atoms with van der Waals surface area (Å²) in [5, 5.41) is 8.73. The molecule has 2 N–H and O–H groups in total. The summed E-state index contributed by atoms with van der Waals surface area (Å²) in [7, 11) is -0.662. The van der Waals surface area contributed by atoms with Crippen LogP contribution in [0.1, 0.15) is 11.3 Å². The molecule has 0 aliphatic heterocycles. The third-order valence-corrected chi connectivity index (χ3v) is 4.96. The minimum atomic E-state index is -3.58. The molecule has 1 aromatic heterocycles. The average Bonchev–Trinajstić information content (AvgIpc) is 2.90. The summed E-state index contributed by atoms with van der Waals surface area (Å²) < 4.78 is 30.5. The second kappa shape index (κ2) is 6.80. The number of hydrogen-bond acceptors (Lipinski definition) is 5. The van der Waals surface area contributed by atoms with E-state index in [-0.39, 0.29) is 17.3 Å². The van der Waals surface area contributed by atoms with Gasteiger partial charge in [0.05, 0.1) is 4.90 Å². The third kappa shape index (κ3) is 4.08. The van der Waals surface area contributed by atoms with Crippen LogP contribution >= 0.6 is 0 Å². The predicted octanol–water partition coefficient (Wildman–Crippen LogP) is 1.56. The summed E-state index contributed by atoms with van der Waals surface area (Å²) >= 11 is 0. The van der Waals surface area contributed by atoms with E-state index in [4.69, 9.17) is 4.52 Å². The topological polar surface area (TPSA) is 105 Å². The van der Waals surface area contributed by atoms with Gasteiger partial charge in [0.2, 0.25) is 10.0 Å². The number of carbonyl (C=O) groups is 1. The van der Waals surface area contributed by atoms with E-state index in [2.05, 4.69) is 15.8 Å². The van der Waals surface area contributed by atoms with Crippen molar-refractivity contribution in [2.24, 2.45) is 0 Å². The Kier molecular flexibility index (Phi) is 5.02. The van der Waals surface area contributed by atoms with Crippen molar-refractivity contribution in [2.75, 3.05) is 19.4 Å². The SMILES string of the molecule is Cc1cc(NC(=O)NCc2ccccc2S(=O)(=O)N(C)C)no1. The van der Waals surface area contributed by atoms with Gasteiger partial charge in [-0.05, 0) is 18.6 Å². The number of sulfonamides is 1. The minimum Gasteiger partial charge on any atom is -0.360 e. The molecular formula is C14H18N4O4S. The highest BCUT2D eigenvalue weighted by Crippen LogP contribution is 2.18. The van der Waals surface area contributed by atoms with Crippen molar-refractivity contribution in [3.8, 4) is 0 Å². The largest absolute Gasteiger partial charge is 0.360 e. The summed E-state index contributed by atoms with van der Waals surface area (Å²) in [6.07, 6.45) is 0. The Morgan fingerprint density at radius 2 is 2.00 bits per heavy atom. The molecule has 0 radical (unpaired) electrons. The van der Waals surface area contributed by atoms with Crippen LogP contribution in [-0.2, 0) is 16.6 Å². The minimum absolute atomic E-state index is 0.0614. The molecule has 0 saturated heterocycles. The lowest BCUT2D eigenvalue weighted by Gasteiger charge is -2.15. The van der Waals surface area contributed by atoms with Gasteiger partial charge in [-0.2, -0.15) is 0 Å². The van der Waals surface area contributed by atoms with E-state index >= 15 is 0 Å². The number of hydrogen-bond donors (Lipinski definition) is 2. The first kappa shape index (κ1) is 17.0. The van der Waals surface area contributed by atoms with Crippen LogP contribution in [0, 0.1) is 6.92 Å². The summed E-state index contributed by atoms with van der Waals surface area (Å²) in [5.41, 5.74) is 0.493. The summed E-state index contributed by atoms with van der Waals surface area (Å²) in [6, 6.07) is 7.57. The number of aryl methyl sites for hydroxylation is 1. The Balaban J connectivity index is 2.08. The first-order valence-corrected chi connectivity index (χ1v) is 8.23. The van der Waals surface area contributed by atoms with E-state index < -0.39 is 16.1 Å². The highest BCUT2D eigenvalue weighted by Gasteiger charge is 2.20. The maximum Gasteiger partial charge on any atom is 0.320 e. The van der Waals surface area contributed by atoms with Gasteiger partial charge in [0.15, 0.2) is 5.82 Å². The first-order valence-electron chi connectivity index (χ1n) is 6.79. The first-order chi connectivity index (χ1) is 10.8. The van der Waals surface area contributed by atoms with E-state index in [0.29, 0.717) is 11.3 Å². The van der Waals surface area contributed by atoms with Crippen molar-refractivity contribution in [1.29, 1.82) is 0 Å². The molecule has 2 rings (SSSR count). The number of nitrogens with zero attached hydrogens (tertiary/aromatic N) is 2. The highest BCUT2D eigenvalue weighted by molar-refractivity contribution is 7.89. The van der Waals surface area contributed by atoms with Gasteiger partial charge < -0.3 is 9.84 Å². The van der Waals surface area contributed by atoms with Crippen molar-refractivity contribution < 1.29 is 17.7 Å². The van der Waals surface area contributed by atoms with Crippen molar-refractivity contribution >= 4 is 21.9 Å². The van der Waals surface area contributed by atoms with Gasteiger partial charge in [-0.1, -0.05) is 23.4 Å².